The Morgan fingerprint density at radius 1 is 1.21 bits per heavy atom. The molecule has 0 aromatic heterocycles. The number of carbonyl (C=O) groups excluding carboxylic acids is 1. The van der Waals surface area contributed by atoms with Gasteiger partial charge in [-0.05, 0) is 43.9 Å². The highest BCUT2D eigenvalue weighted by molar-refractivity contribution is 5.96. The van der Waals surface area contributed by atoms with E-state index in [1.165, 1.54) is 19.3 Å². The summed E-state index contributed by atoms with van der Waals surface area (Å²) in [4.78, 5) is 14.5. The number of carbonyl (C=O) groups is 1. The quantitative estimate of drug-likeness (QED) is 0.897. The molecule has 1 amide bonds. The molecule has 0 radical (unpaired) electrons. The number of hydrogen-bond acceptors (Lipinski definition) is 3. The summed E-state index contributed by atoms with van der Waals surface area (Å²) >= 11 is 0. The van der Waals surface area contributed by atoms with Crippen molar-refractivity contribution in [2.45, 2.75) is 52.0 Å². The number of amides is 1. The van der Waals surface area contributed by atoms with E-state index >= 15 is 0 Å². The topological polar surface area (TPSA) is 41.6 Å². The number of benzene rings is 1. The SMILES string of the molecule is CC(C)C[C@H]1COc2ccccc2C(=O)N(C)CCCCCCN1. The van der Waals surface area contributed by atoms with Crippen LogP contribution in [0.1, 0.15) is 56.3 Å². The molecule has 2 rings (SSSR count). The van der Waals surface area contributed by atoms with Gasteiger partial charge in [-0.15, -0.1) is 0 Å². The standard InChI is InChI=1S/C20H32N2O2/c1-16(2)14-17-15-24-19-11-7-6-10-18(19)20(23)22(3)13-9-5-4-8-12-21-17/h6-7,10-11,16-17,21H,4-5,8-9,12-15H2,1-3H3/t17-/m0/s1. The maximum Gasteiger partial charge on any atom is 0.257 e. The number of ether oxygens (including phenoxy) is 1. The van der Waals surface area contributed by atoms with Crippen LogP contribution in [-0.4, -0.2) is 43.6 Å². The number of fused-ring (bicyclic) bond motifs is 1. The Bertz CT molecular complexity index is 516. The molecule has 1 aromatic rings. The Hall–Kier alpha value is -1.55. The van der Waals surface area contributed by atoms with Crippen molar-refractivity contribution in [2.75, 3.05) is 26.7 Å². The molecular weight excluding hydrogens is 300 g/mol. The summed E-state index contributed by atoms with van der Waals surface area (Å²) < 4.78 is 6.05. The zero-order chi connectivity index (χ0) is 17.4. The van der Waals surface area contributed by atoms with Crippen LogP contribution in [0.25, 0.3) is 0 Å². The van der Waals surface area contributed by atoms with Gasteiger partial charge in [0.05, 0.1) is 5.56 Å². The average molecular weight is 332 g/mol. The van der Waals surface area contributed by atoms with Crippen molar-refractivity contribution in [1.82, 2.24) is 10.2 Å². The Morgan fingerprint density at radius 3 is 2.75 bits per heavy atom. The number of para-hydroxylation sites is 1. The molecule has 4 heteroatoms. The van der Waals surface area contributed by atoms with Gasteiger partial charge in [-0.3, -0.25) is 4.79 Å². The molecule has 1 heterocycles. The third-order valence-electron chi connectivity index (χ3n) is 4.51. The average Bonchev–Trinajstić information content (AvgIpc) is 2.56. The van der Waals surface area contributed by atoms with Crippen molar-refractivity contribution in [3.63, 3.8) is 0 Å². The van der Waals surface area contributed by atoms with Crippen molar-refractivity contribution in [1.29, 1.82) is 0 Å². The molecule has 0 spiro atoms. The first kappa shape index (κ1) is 18.8. The second-order valence-electron chi connectivity index (χ2n) is 7.23. The summed E-state index contributed by atoms with van der Waals surface area (Å²) in [6.07, 6.45) is 5.70. The zero-order valence-corrected chi connectivity index (χ0v) is 15.4. The number of rotatable bonds is 2. The van der Waals surface area contributed by atoms with Crippen LogP contribution >= 0.6 is 0 Å². The molecule has 0 saturated heterocycles. The van der Waals surface area contributed by atoms with Crippen LogP contribution < -0.4 is 10.1 Å². The summed E-state index contributed by atoms with van der Waals surface area (Å²) in [6.45, 7) is 6.92. The fourth-order valence-corrected chi connectivity index (χ4v) is 3.18. The van der Waals surface area contributed by atoms with Crippen molar-refractivity contribution >= 4 is 5.91 Å². The van der Waals surface area contributed by atoms with E-state index in [2.05, 4.69) is 19.2 Å². The Kier molecular flexibility index (Phi) is 7.57. The van der Waals surface area contributed by atoms with Gasteiger partial charge in [-0.1, -0.05) is 38.8 Å². The zero-order valence-electron chi connectivity index (χ0n) is 15.4. The highest BCUT2D eigenvalue weighted by Gasteiger charge is 2.18. The molecule has 1 aliphatic rings. The first-order valence-corrected chi connectivity index (χ1v) is 9.28. The van der Waals surface area contributed by atoms with Crippen LogP contribution in [0, 0.1) is 5.92 Å². The van der Waals surface area contributed by atoms with E-state index in [4.69, 9.17) is 4.74 Å². The van der Waals surface area contributed by atoms with Crippen molar-refractivity contribution in [2.24, 2.45) is 5.92 Å². The summed E-state index contributed by atoms with van der Waals surface area (Å²) in [7, 11) is 1.88. The number of nitrogens with zero attached hydrogens (tertiary/aromatic N) is 1. The minimum absolute atomic E-state index is 0.0519. The predicted octanol–water partition coefficient (Wildman–Crippen LogP) is 3.72. The fraction of sp³-hybridized carbons (Fsp3) is 0.650. The van der Waals surface area contributed by atoms with Gasteiger partial charge in [-0.25, -0.2) is 0 Å². The van der Waals surface area contributed by atoms with Crippen molar-refractivity contribution < 1.29 is 9.53 Å². The lowest BCUT2D eigenvalue weighted by Gasteiger charge is -2.24. The first-order chi connectivity index (χ1) is 11.6. The molecule has 1 aliphatic heterocycles. The Labute approximate surface area is 146 Å². The van der Waals surface area contributed by atoms with Gasteiger partial charge < -0.3 is 15.0 Å². The summed E-state index contributed by atoms with van der Waals surface area (Å²) in [6, 6.07) is 7.93. The molecule has 24 heavy (non-hydrogen) atoms. The van der Waals surface area contributed by atoms with Gasteiger partial charge in [-0.2, -0.15) is 0 Å². The smallest absolute Gasteiger partial charge is 0.257 e. The van der Waals surface area contributed by atoms with E-state index in [1.807, 2.05) is 36.2 Å². The van der Waals surface area contributed by atoms with E-state index < -0.39 is 0 Å². The lowest BCUT2D eigenvalue weighted by molar-refractivity contribution is 0.0786. The molecule has 1 atom stereocenters. The van der Waals surface area contributed by atoms with Crippen LogP contribution in [-0.2, 0) is 0 Å². The van der Waals surface area contributed by atoms with Crippen LogP contribution in [0.15, 0.2) is 24.3 Å². The molecule has 1 aromatic carbocycles. The molecule has 134 valence electrons. The molecular formula is C20H32N2O2. The van der Waals surface area contributed by atoms with Gasteiger partial charge in [0.15, 0.2) is 0 Å². The van der Waals surface area contributed by atoms with Gasteiger partial charge in [0, 0.05) is 19.6 Å². The predicted molar refractivity (Wildman–Crippen MR) is 98.6 cm³/mol. The van der Waals surface area contributed by atoms with Crippen molar-refractivity contribution in [3.8, 4) is 5.75 Å². The Balaban J connectivity index is 2.15. The molecule has 0 saturated carbocycles. The molecule has 0 fully saturated rings. The van der Waals surface area contributed by atoms with Gasteiger partial charge >= 0.3 is 0 Å². The minimum atomic E-state index is 0.0519. The highest BCUT2D eigenvalue weighted by Crippen LogP contribution is 2.21. The largest absolute Gasteiger partial charge is 0.491 e. The first-order valence-electron chi connectivity index (χ1n) is 9.28. The molecule has 4 nitrogen and oxygen atoms in total. The van der Waals surface area contributed by atoms with Gasteiger partial charge in [0.2, 0.25) is 0 Å². The maximum atomic E-state index is 12.7. The Morgan fingerprint density at radius 2 is 1.96 bits per heavy atom. The van der Waals surface area contributed by atoms with E-state index in [1.54, 1.807) is 0 Å². The van der Waals surface area contributed by atoms with Crippen LogP contribution in [0.5, 0.6) is 5.75 Å². The third kappa shape index (κ3) is 5.82. The molecule has 0 bridgehead atoms. The van der Waals surface area contributed by atoms with Gasteiger partial charge in [0.1, 0.15) is 12.4 Å². The van der Waals surface area contributed by atoms with Gasteiger partial charge in [0.25, 0.3) is 5.91 Å². The summed E-state index contributed by atoms with van der Waals surface area (Å²) in [5.41, 5.74) is 0.667. The third-order valence-corrected chi connectivity index (χ3v) is 4.51. The van der Waals surface area contributed by atoms with E-state index in [-0.39, 0.29) is 5.91 Å². The van der Waals surface area contributed by atoms with Crippen LogP contribution in [0.4, 0.5) is 0 Å². The second kappa shape index (κ2) is 9.67. The van der Waals surface area contributed by atoms with Crippen molar-refractivity contribution in [3.05, 3.63) is 29.8 Å². The summed E-state index contributed by atoms with van der Waals surface area (Å²) in [5, 5.41) is 3.64. The van der Waals surface area contributed by atoms with Crippen LogP contribution in [0.2, 0.25) is 0 Å². The fourth-order valence-electron chi connectivity index (χ4n) is 3.18. The molecule has 0 aliphatic carbocycles. The van der Waals surface area contributed by atoms with Crippen LogP contribution in [0.3, 0.4) is 0 Å². The number of hydrogen-bond donors (Lipinski definition) is 1. The second-order valence-corrected chi connectivity index (χ2v) is 7.23. The molecule has 1 N–H and O–H groups in total. The van der Waals surface area contributed by atoms with E-state index in [9.17, 15) is 4.79 Å². The lowest BCUT2D eigenvalue weighted by atomic mass is 10.0. The maximum absolute atomic E-state index is 12.7. The number of nitrogens with one attached hydrogen (secondary N) is 1. The lowest BCUT2D eigenvalue weighted by Crippen LogP contribution is -2.37. The normalized spacial score (nSPS) is 21.1. The van der Waals surface area contributed by atoms with E-state index in [0.717, 1.165) is 25.9 Å². The monoisotopic (exact) mass is 332 g/mol. The molecule has 0 unspecified atom stereocenters. The minimum Gasteiger partial charge on any atom is -0.491 e. The highest BCUT2D eigenvalue weighted by atomic mass is 16.5. The van der Waals surface area contributed by atoms with E-state index in [0.29, 0.717) is 29.9 Å². The summed E-state index contributed by atoms with van der Waals surface area (Å²) in [5.74, 6) is 1.37.